The van der Waals surface area contributed by atoms with Gasteiger partial charge in [-0.25, -0.2) is 0 Å². The van der Waals surface area contributed by atoms with E-state index in [2.05, 4.69) is 0 Å². The minimum absolute atomic E-state index is 0.0878. The Hall–Kier alpha value is -2.26. The summed E-state index contributed by atoms with van der Waals surface area (Å²) >= 11 is 5.33. The number of alkyl halides is 1. The molecule has 0 amide bonds. The Balaban J connectivity index is 3.61. The average molecular weight is 253 g/mol. The van der Waals surface area contributed by atoms with Crippen LogP contribution in [0, 0.1) is 21.4 Å². The Bertz CT molecular complexity index is 548. The maximum Gasteiger partial charge on any atom is 0.281 e. The lowest BCUT2D eigenvalue weighted by atomic mass is 9.98. The molecule has 17 heavy (non-hydrogen) atoms. The lowest BCUT2D eigenvalue weighted by Crippen LogP contribution is -2.08. The summed E-state index contributed by atoms with van der Waals surface area (Å²) in [5, 5.41) is 19.5. The molecular weight excluding hydrogens is 248 g/mol. The fourth-order valence-electron chi connectivity index (χ4n) is 1.31. The first-order valence-corrected chi connectivity index (χ1v) is 4.86. The molecule has 0 aliphatic carbocycles. The zero-order valence-corrected chi connectivity index (χ0v) is 9.10. The summed E-state index contributed by atoms with van der Waals surface area (Å²) < 4.78 is 0. The van der Waals surface area contributed by atoms with Gasteiger partial charge < -0.3 is 0 Å². The Labute approximate surface area is 101 Å². The number of halogens is 1. The number of nitrogens with zero attached hydrogens (tertiary/aromatic N) is 2. The van der Waals surface area contributed by atoms with Crippen molar-refractivity contribution in [3.8, 4) is 6.07 Å². The number of Topliss-reactive ketones (excluding diaryl/α,β-unsaturated/α-hetero) is 1. The lowest BCUT2D eigenvalue weighted by Gasteiger charge is -2.03. The fraction of sp³-hybridized carbons (Fsp3) is 0.100. The zero-order valence-electron chi connectivity index (χ0n) is 8.34. The van der Waals surface area contributed by atoms with Crippen LogP contribution in [0.25, 0.3) is 0 Å². The SMILES string of the molecule is N#Cc1c(C(=O)CCl)ccc([N+](=O)[O-])c1C=O. The van der Waals surface area contributed by atoms with E-state index in [1.807, 2.05) is 0 Å². The van der Waals surface area contributed by atoms with Gasteiger partial charge in [0.1, 0.15) is 11.6 Å². The number of hydrogen-bond acceptors (Lipinski definition) is 5. The molecule has 86 valence electrons. The third-order valence-corrected chi connectivity index (χ3v) is 2.31. The predicted octanol–water partition coefficient (Wildman–Crippen LogP) is 1.70. The van der Waals surface area contributed by atoms with Gasteiger partial charge >= 0.3 is 0 Å². The lowest BCUT2D eigenvalue weighted by molar-refractivity contribution is -0.385. The Morgan fingerprint density at radius 1 is 1.59 bits per heavy atom. The molecule has 1 rings (SSSR count). The second-order valence-electron chi connectivity index (χ2n) is 2.96. The highest BCUT2D eigenvalue weighted by atomic mass is 35.5. The van der Waals surface area contributed by atoms with Crippen molar-refractivity contribution < 1.29 is 14.5 Å². The highest BCUT2D eigenvalue weighted by Gasteiger charge is 2.22. The molecule has 0 N–H and O–H groups in total. The first-order chi connectivity index (χ1) is 8.06. The third-order valence-electron chi connectivity index (χ3n) is 2.07. The van der Waals surface area contributed by atoms with Crippen LogP contribution in [0.1, 0.15) is 26.3 Å². The van der Waals surface area contributed by atoms with Crippen molar-refractivity contribution in [3.05, 3.63) is 38.9 Å². The van der Waals surface area contributed by atoms with Crippen LogP contribution in [0.2, 0.25) is 0 Å². The van der Waals surface area contributed by atoms with Crippen LogP contribution in [0.4, 0.5) is 5.69 Å². The summed E-state index contributed by atoms with van der Waals surface area (Å²) in [5.41, 5.74) is -1.33. The van der Waals surface area contributed by atoms with Crippen LogP contribution < -0.4 is 0 Å². The predicted molar refractivity (Wildman–Crippen MR) is 58.2 cm³/mol. The number of nitro benzene ring substituents is 1. The van der Waals surface area contributed by atoms with Crippen molar-refractivity contribution >= 4 is 29.4 Å². The van der Waals surface area contributed by atoms with Gasteiger partial charge in [-0.2, -0.15) is 5.26 Å². The molecule has 0 aliphatic heterocycles. The van der Waals surface area contributed by atoms with Gasteiger partial charge in [-0.05, 0) is 6.07 Å². The number of carbonyl (C=O) groups excluding carboxylic acids is 2. The molecule has 1 aromatic carbocycles. The van der Waals surface area contributed by atoms with Crippen LogP contribution in [0.5, 0.6) is 0 Å². The topological polar surface area (TPSA) is 101 Å². The summed E-state index contributed by atoms with van der Waals surface area (Å²) in [4.78, 5) is 32.0. The number of rotatable bonds is 4. The maximum atomic E-state index is 11.4. The fourth-order valence-corrected chi connectivity index (χ4v) is 1.46. The minimum atomic E-state index is -0.792. The smallest absolute Gasteiger partial charge is 0.281 e. The average Bonchev–Trinajstić information content (AvgIpc) is 2.35. The minimum Gasteiger partial charge on any atom is -0.298 e. The molecule has 0 unspecified atom stereocenters. The summed E-state index contributed by atoms with van der Waals surface area (Å²) in [6.45, 7) is 0. The van der Waals surface area contributed by atoms with E-state index in [-0.39, 0.29) is 23.3 Å². The van der Waals surface area contributed by atoms with Gasteiger partial charge in [0.25, 0.3) is 5.69 Å². The number of aldehydes is 1. The van der Waals surface area contributed by atoms with Crippen molar-refractivity contribution in [2.75, 3.05) is 5.88 Å². The van der Waals surface area contributed by atoms with Gasteiger partial charge in [-0.1, -0.05) is 0 Å². The summed E-state index contributed by atoms with van der Waals surface area (Å²) in [5.74, 6) is -0.939. The molecule has 0 bridgehead atoms. The summed E-state index contributed by atoms with van der Waals surface area (Å²) in [6, 6.07) is 3.73. The van der Waals surface area contributed by atoms with Gasteiger partial charge in [-0.3, -0.25) is 19.7 Å². The Kier molecular flexibility index (Phi) is 3.91. The quantitative estimate of drug-likeness (QED) is 0.267. The highest BCUT2D eigenvalue weighted by Crippen LogP contribution is 2.24. The first-order valence-electron chi connectivity index (χ1n) is 4.32. The standard InChI is InChI=1S/C10H5ClN2O4/c11-3-10(15)6-1-2-9(13(16)17)8(5-14)7(6)4-12/h1-2,5H,3H2. The van der Waals surface area contributed by atoms with Crippen molar-refractivity contribution in [2.45, 2.75) is 0 Å². The van der Waals surface area contributed by atoms with Crippen LogP contribution in [0.3, 0.4) is 0 Å². The van der Waals surface area contributed by atoms with Crippen LogP contribution >= 0.6 is 11.6 Å². The van der Waals surface area contributed by atoms with Crippen LogP contribution in [-0.2, 0) is 0 Å². The van der Waals surface area contributed by atoms with E-state index in [0.29, 0.717) is 0 Å². The van der Waals surface area contributed by atoms with Crippen molar-refractivity contribution in [1.82, 2.24) is 0 Å². The van der Waals surface area contributed by atoms with E-state index < -0.39 is 22.0 Å². The van der Waals surface area contributed by atoms with E-state index in [1.165, 1.54) is 0 Å². The number of ketones is 1. The van der Waals surface area contributed by atoms with Gasteiger partial charge in [0.15, 0.2) is 12.1 Å². The molecule has 0 atom stereocenters. The number of carbonyl (C=O) groups is 2. The Morgan fingerprint density at radius 3 is 2.65 bits per heavy atom. The molecule has 0 heterocycles. The second-order valence-corrected chi connectivity index (χ2v) is 3.23. The van der Waals surface area contributed by atoms with E-state index in [1.54, 1.807) is 6.07 Å². The largest absolute Gasteiger partial charge is 0.298 e. The van der Waals surface area contributed by atoms with E-state index in [4.69, 9.17) is 16.9 Å². The van der Waals surface area contributed by atoms with Crippen molar-refractivity contribution in [3.63, 3.8) is 0 Å². The molecule has 0 fully saturated rings. The molecular formula is C10H5ClN2O4. The zero-order chi connectivity index (χ0) is 13.0. The molecule has 0 radical (unpaired) electrons. The molecule has 6 nitrogen and oxygen atoms in total. The molecule has 0 saturated heterocycles. The second kappa shape index (κ2) is 5.18. The molecule has 7 heteroatoms. The molecule has 0 aliphatic rings. The van der Waals surface area contributed by atoms with Crippen LogP contribution in [0.15, 0.2) is 12.1 Å². The number of nitro groups is 1. The van der Waals surface area contributed by atoms with Gasteiger partial charge in [0.2, 0.25) is 0 Å². The molecule has 1 aromatic rings. The normalized spacial score (nSPS) is 9.41. The summed E-state index contributed by atoms with van der Waals surface area (Å²) in [7, 11) is 0. The van der Waals surface area contributed by atoms with Gasteiger partial charge in [-0.15, -0.1) is 11.6 Å². The molecule has 0 saturated carbocycles. The number of hydrogen-bond donors (Lipinski definition) is 0. The highest BCUT2D eigenvalue weighted by molar-refractivity contribution is 6.30. The number of nitriles is 1. The van der Waals surface area contributed by atoms with Gasteiger partial charge in [0, 0.05) is 11.6 Å². The van der Waals surface area contributed by atoms with Gasteiger partial charge in [0.05, 0.1) is 16.4 Å². The van der Waals surface area contributed by atoms with E-state index >= 15 is 0 Å². The van der Waals surface area contributed by atoms with E-state index in [9.17, 15) is 19.7 Å². The molecule has 0 spiro atoms. The monoisotopic (exact) mass is 252 g/mol. The van der Waals surface area contributed by atoms with Crippen LogP contribution in [-0.4, -0.2) is 22.9 Å². The number of benzene rings is 1. The van der Waals surface area contributed by atoms with E-state index in [0.717, 1.165) is 12.1 Å². The maximum absolute atomic E-state index is 11.4. The first kappa shape index (κ1) is 12.8. The van der Waals surface area contributed by atoms with Crippen molar-refractivity contribution in [1.29, 1.82) is 5.26 Å². The molecule has 0 aromatic heterocycles. The Morgan fingerprint density at radius 2 is 2.24 bits per heavy atom. The summed E-state index contributed by atoms with van der Waals surface area (Å²) in [6.07, 6.45) is 0.182. The third kappa shape index (κ3) is 2.29. The van der Waals surface area contributed by atoms with Crippen molar-refractivity contribution in [2.24, 2.45) is 0 Å².